The Balaban J connectivity index is 2.26. The molecule has 0 unspecified atom stereocenters. The number of nitrogens with one attached hydrogen (secondary N) is 2. The van der Waals surface area contributed by atoms with Crippen molar-refractivity contribution in [3.63, 3.8) is 0 Å². The number of hydrogen-bond donors (Lipinski definition) is 2. The van der Waals surface area contributed by atoms with Crippen LogP contribution in [0.2, 0.25) is 0 Å². The molecule has 2 heterocycles. The molecule has 0 radical (unpaired) electrons. The number of nitrogens with zero attached hydrogens (tertiary/aromatic N) is 2. The number of hydrogen-bond acceptors (Lipinski definition) is 3. The van der Waals surface area contributed by atoms with Crippen molar-refractivity contribution in [2.45, 2.75) is 32.7 Å². The zero-order chi connectivity index (χ0) is 13.1. The third-order valence-electron chi connectivity index (χ3n) is 3.30. The average molecular weight is 252 g/mol. The first kappa shape index (κ1) is 12.7. The zero-order valence-electron chi connectivity index (χ0n) is 11.0. The van der Waals surface area contributed by atoms with Gasteiger partial charge in [-0.1, -0.05) is 0 Å². The quantitative estimate of drug-likeness (QED) is 0.815. The number of aromatic amines is 1. The topological polar surface area (TPSA) is 70.1 Å². The molecule has 0 aliphatic carbocycles. The van der Waals surface area contributed by atoms with Crippen LogP contribution in [-0.4, -0.2) is 28.8 Å². The van der Waals surface area contributed by atoms with Crippen molar-refractivity contribution in [3.8, 4) is 0 Å². The van der Waals surface area contributed by atoms with Crippen LogP contribution in [0.5, 0.6) is 0 Å². The fourth-order valence-corrected chi connectivity index (χ4v) is 2.46. The van der Waals surface area contributed by atoms with Crippen LogP contribution >= 0.6 is 0 Å². The highest BCUT2D eigenvalue weighted by molar-refractivity contribution is 5.73. The van der Waals surface area contributed by atoms with Gasteiger partial charge in [0.15, 0.2) is 0 Å². The van der Waals surface area contributed by atoms with E-state index in [0.29, 0.717) is 5.56 Å². The highest BCUT2D eigenvalue weighted by Gasteiger charge is 2.20. The molecule has 1 aromatic rings. The Morgan fingerprint density at radius 3 is 2.61 bits per heavy atom. The lowest BCUT2D eigenvalue weighted by molar-refractivity contribution is -0.119. The number of carbonyl (C=O) groups excluding carboxylic acids is 1. The van der Waals surface area contributed by atoms with Gasteiger partial charge in [0.25, 0.3) is 5.56 Å². The van der Waals surface area contributed by atoms with Crippen molar-refractivity contribution in [2.24, 2.45) is 7.05 Å². The monoisotopic (exact) mass is 252 g/mol. The first-order valence-corrected chi connectivity index (χ1v) is 6.37. The zero-order valence-corrected chi connectivity index (χ0v) is 11.0. The molecule has 1 aliphatic heterocycles. The summed E-state index contributed by atoms with van der Waals surface area (Å²) in [5, 5.41) is 5.46. The summed E-state index contributed by atoms with van der Waals surface area (Å²) in [4.78, 5) is 25.1. The summed E-state index contributed by atoms with van der Waals surface area (Å²) in [7, 11) is 1.84. The second kappa shape index (κ2) is 5.29. The molecule has 6 heteroatoms. The number of amides is 1. The fraction of sp³-hybridized carbons (Fsp3) is 0.667. The van der Waals surface area contributed by atoms with Gasteiger partial charge in [-0.2, -0.15) is 0 Å². The van der Waals surface area contributed by atoms with Crippen LogP contribution in [0.15, 0.2) is 4.79 Å². The molecule has 2 rings (SSSR count). The Bertz CT molecular complexity index is 483. The molecule has 1 aromatic heterocycles. The predicted octanol–water partition coefficient (Wildman–Crippen LogP) is 0.340. The molecular weight excluding hydrogens is 232 g/mol. The van der Waals surface area contributed by atoms with Crippen molar-refractivity contribution < 1.29 is 4.79 Å². The maximum Gasteiger partial charge on any atom is 0.271 e. The lowest BCUT2D eigenvalue weighted by Crippen LogP contribution is -2.33. The molecule has 1 saturated heterocycles. The van der Waals surface area contributed by atoms with Crippen LogP contribution in [0, 0.1) is 0 Å². The SMILES string of the molecule is CC(=O)NCc1c(N2CCCCC2)n(C)[nH]c1=O. The Hall–Kier alpha value is -1.72. The minimum atomic E-state index is -0.122. The van der Waals surface area contributed by atoms with Crippen molar-refractivity contribution in [1.29, 1.82) is 0 Å². The summed E-state index contributed by atoms with van der Waals surface area (Å²) < 4.78 is 1.75. The third kappa shape index (κ3) is 2.57. The van der Waals surface area contributed by atoms with Gasteiger partial charge in [0.2, 0.25) is 5.91 Å². The van der Waals surface area contributed by atoms with Gasteiger partial charge in [-0.15, -0.1) is 0 Å². The van der Waals surface area contributed by atoms with Gasteiger partial charge in [-0.3, -0.25) is 19.4 Å². The Morgan fingerprint density at radius 2 is 2.00 bits per heavy atom. The highest BCUT2D eigenvalue weighted by atomic mass is 16.1. The predicted molar refractivity (Wildman–Crippen MR) is 69.6 cm³/mol. The van der Waals surface area contributed by atoms with Crippen LogP contribution in [0.3, 0.4) is 0 Å². The molecule has 0 atom stereocenters. The van der Waals surface area contributed by atoms with Crippen molar-refractivity contribution in [1.82, 2.24) is 15.1 Å². The normalized spacial score (nSPS) is 15.8. The molecule has 6 nitrogen and oxygen atoms in total. The van der Waals surface area contributed by atoms with Gasteiger partial charge in [-0.25, -0.2) is 0 Å². The van der Waals surface area contributed by atoms with Crippen molar-refractivity contribution >= 4 is 11.7 Å². The third-order valence-corrected chi connectivity index (χ3v) is 3.30. The summed E-state index contributed by atoms with van der Waals surface area (Å²) >= 11 is 0. The number of aromatic nitrogens is 2. The first-order valence-electron chi connectivity index (χ1n) is 6.37. The van der Waals surface area contributed by atoms with E-state index in [-0.39, 0.29) is 18.0 Å². The number of H-pyrrole nitrogens is 1. The molecule has 0 bridgehead atoms. The van der Waals surface area contributed by atoms with E-state index in [9.17, 15) is 9.59 Å². The number of aryl methyl sites for hydroxylation is 1. The molecule has 100 valence electrons. The summed E-state index contributed by atoms with van der Waals surface area (Å²) in [5.74, 6) is 0.788. The summed E-state index contributed by atoms with van der Waals surface area (Å²) in [5.41, 5.74) is 0.529. The number of anilines is 1. The number of rotatable bonds is 3. The summed E-state index contributed by atoms with van der Waals surface area (Å²) in [6.45, 7) is 3.69. The summed E-state index contributed by atoms with van der Waals surface area (Å²) in [6, 6.07) is 0. The Kier molecular flexibility index (Phi) is 3.74. The van der Waals surface area contributed by atoms with Crippen LogP contribution in [0.1, 0.15) is 31.7 Å². The van der Waals surface area contributed by atoms with Gasteiger partial charge in [0, 0.05) is 27.1 Å². The Morgan fingerprint density at radius 1 is 1.33 bits per heavy atom. The minimum Gasteiger partial charge on any atom is -0.356 e. The highest BCUT2D eigenvalue weighted by Crippen LogP contribution is 2.21. The minimum absolute atomic E-state index is 0.119. The van der Waals surface area contributed by atoms with E-state index >= 15 is 0 Å². The van der Waals surface area contributed by atoms with Crippen molar-refractivity contribution in [3.05, 3.63) is 15.9 Å². The van der Waals surface area contributed by atoms with E-state index in [1.54, 1.807) is 4.68 Å². The molecule has 0 saturated carbocycles. The maximum absolute atomic E-state index is 11.9. The summed E-state index contributed by atoms with van der Waals surface area (Å²) in [6.07, 6.45) is 3.55. The second-order valence-electron chi connectivity index (χ2n) is 4.76. The smallest absolute Gasteiger partial charge is 0.271 e. The maximum atomic E-state index is 11.9. The molecule has 0 aromatic carbocycles. The van der Waals surface area contributed by atoms with Crippen LogP contribution in [-0.2, 0) is 18.4 Å². The molecule has 2 N–H and O–H groups in total. The first-order chi connectivity index (χ1) is 8.59. The van der Waals surface area contributed by atoms with Gasteiger partial charge in [-0.05, 0) is 19.3 Å². The Labute approximate surface area is 106 Å². The average Bonchev–Trinajstić information content (AvgIpc) is 2.62. The van der Waals surface area contributed by atoms with Crippen molar-refractivity contribution in [2.75, 3.05) is 18.0 Å². The number of piperidine rings is 1. The van der Waals surface area contributed by atoms with E-state index < -0.39 is 0 Å². The molecule has 0 spiro atoms. The second-order valence-corrected chi connectivity index (χ2v) is 4.76. The van der Waals surface area contributed by atoms with Gasteiger partial charge < -0.3 is 10.2 Å². The van der Waals surface area contributed by atoms with E-state index in [1.165, 1.54) is 13.3 Å². The van der Waals surface area contributed by atoms with Gasteiger partial charge in [0.05, 0.1) is 12.1 Å². The van der Waals surface area contributed by atoms with E-state index in [1.807, 2.05) is 7.05 Å². The van der Waals surface area contributed by atoms with Gasteiger partial charge >= 0.3 is 0 Å². The standard InChI is InChI=1S/C12H20N4O2/c1-9(17)13-8-10-11(18)14-15(2)12(10)16-6-4-3-5-7-16/h3-8H2,1-2H3,(H,13,17)(H,14,18). The molecular formula is C12H20N4O2. The molecule has 1 aliphatic rings. The largest absolute Gasteiger partial charge is 0.356 e. The lowest BCUT2D eigenvalue weighted by Gasteiger charge is -2.29. The van der Waals surface area contributed by atoms with Crippen LogP contribution in [0.25, 0.3) is 0 Å². The van der Waals surface area contributed by atoms with E-state index in [0.717, 1.165) is 31.7 Å². The molecule has 1 amide bonds. The molecule has 18 heavy (non-hydrogen) atoms. The molecule has 1 fully saturated rings. The van der Waals surface area contributed by atoms with Crippen LogP contribution in [0.4, 0.5) is 5.82 Å². The van der Waals surface area contributed by atoms with E-state index in [2.05, 4.69) is 15.3 Å². The van der Waals surface area contributed by atoms with E-state index in [4.69, 9.17) is 0 Å². The fourth-order valence-electron chi connectivity index (χ4n) is 2.46. The number of carbonyl (C=O) groups is 1. The van der Waals surface area contributed by atoms with Crippen LogP contribution < -0.4 is 15.8 Å². The lowest BCUT2D eigenvalue weighted by atomic mass is 10.1. The van der Waals surface area contributed by atoms with Gasteiger partial charge in [0.1, 0.15) is 5.82 Å².